The lowest BCUT2D eigenvalue weighted by atomic mass is 10.2. The lowest BCUT2D eigenvalue weighted by Crippen LogP contribution is -2.03. The van der Waals surface area contributed by atoms with Crippen LogP contribution < -0.4 is 4.74 Å². The van der Waals surface area contributed by atoms with E-state index in [1.807, 2.05) is 42.7 Å². The molecule has 0 aliphatic carbocycles. The quantitative estimate of drug-likeness (QED) is 0.339. The van der Waals surface area contributed by atoms with Crippen LogP contribution in [-0.2, 0) is 12.4 Å². The van der Waals surface area contributed by atoms with Crippen molar-refractivity contribution in [2.24, 2.45) is 0 Å². The molecule has 2 heterocycles. The number of hydrogen-bond acceptors (Lipinski definition) is 7. The average Bonchev–Trinajstić information content (AvgIpc) is 3.27. The van der Waals surface area contributed by atoms with E-state index in [-0.39, 0.29) is 5.69 Å². The largest absolute Gasteiger partial charge is 0.493 e. The van der Waals surface area contributed by atoms with Crippen molar-refractivity contribution in [1.82, 2.24) is 24.5 Å². The molecule has 0 fully saturated rings. The molecule has 0 unspecified atom stereocenters. The summed E-state index contributed by atoms with van der Waals surface area (Å²) < 4.78 is 9.18. The molecule has 0 bridgehead atoms. The first kappa shape index (κ1) is 17.9. The molecule has 136 valence electrons. The van der Waals surface area contributed by atoms with Crippen LogP contribution in [0.3, 0.4) is 0 Å². The minimum absolute atomic E-state index is 0.0334. The van der Waals surface area contributed by atoms with Crippen molar-refractivity contribution in [2.75, 3.05) is 6.61 Å². The molecule has 10 heteroatoms. The lowest BCUT2D eigenvalue weighted by molar-refractivity contribution is -0.385. The summed E-state index contributed by atoms with van der Waals surface area (Å²) in [5, 5.41) is 24.0. The van der Waals surface area contributed by atoms with Gasteiger partial charge in [0.05, 0.1) is 23.0 Å². The summed E-state index contributed by atoms with van der Waals surface area (Å²) in [6, 6.07) is 7.71. The number of benzene rings is 1. The summed E-state index contributed by atoms with van der Waals surface area (Å²) in [6.45, 7) is 5.20. The number of rotatable bonds is 8. The van der Waals surface area contributed by atoms with E-state index in [4.69, 9.17) is 4.74 Å². The van der Waals surface area contributed by atoms with E-state index in [1.165, 1.54) is 28.8 Å². The number of thioether (sulfide) groups is 1. The third kappa shape index (κ3) is 3.69. The van der Waals surface area contributed by atoms with Crippen LogP contribution >= 0.6 is 11.8 Å². The van der Waals surface area contributed by atoms with Gasteiger partial charge in [-0.15, -0.1) is 10.2 Å². The molecular formula is C16H18N6O3S. The normalized spacial score (nSPS) is 10.8. The third-order valence-electron chi connectivity index (χ3n) is 3.62. The van der Waals surface area contributed by atoms with Crippen LogP contribution in [-0.4, -0.2) is 36.1 Å². The van der Waals surface area contributed by atoms with Crippen molar-refractivity contribution in [3.63, 3.8) is 0 Å². The summed E-state index contributed by atoms with van der Waals surface area (Å²) in [6.07, 6.45) is 2.62. The van der Waals surface area contributed by atoms with Gasteiger partial charge in [0.25, 0.3) is 0 Å². The van der Waals surface area contributed by atoms with E-state index < -0.39 is 4.92 Å². The number of nitro groups is 1. The van der Waals surface area contributed by atoms with Gasteiger partial charge in [0, 0.05) is 6.54 Å². The van der Waals surface area contributed by atoms with Crippen molar-refractivity contribution in [3.05, 3.63) is 46.8 Å². The van der Waals surface area contributed by atoms with Gasteiger partial charge in [-0.1, -0.05) is 23.9 Å². The topological polar surface area (TPSA) is 101 Å². The maximum absolute atomic E-state index is 10.7. The summed E-state index contributed by atoms with van der Waals surface area (Å²) >= 11 is 1.41. The average molecular weight is 374 g/mol. The van der Waals surface area contributed by atoms with Crippen LogP contribution in [0.2, 0.25) is 0 Å². The zero-order chi connectivity index (χ0) is 18.5. The van der Waals surface area contributed by atoms with Gasteiger partial charge in [-0.25, -0.2) is 0 Å². The predicted octanol–water partition coefficient (Wildman–Crippen LogP) is 3.22. The Labute approximate surface area is 154 Å². The van der Waals surface area contributed by atoms with E-state index in [9.17, 15) is 10.1 Å². The van der Waals surface area contributed by atoms with Gasteiger partial charge in [0.2, 0.25) is 0 Å². The Morgan fingerprint density at radius 1 is 1.27 bits per heavy atom. The minimum Gasteiger partial charge on any atom is -0.493 e. The van der Waals surface area contributed by atoms with Gasteiger partial charge >= 0.3 is 5.69 Å². The molecular weight excluding hydrogens is 356 g/mol. The van der Waals surface area contributed by atoms with Gasteiger partial charge in [-0.3, -0.25) is 14.8 Å². The second kappa shape index (κ2) is 8.00. The predicted molar refractivity (Wildman–Crippen MR) is 97.0 cm³/mol. The van der Waals surface area contributed by atoms with Crippen LogP contribution in [0.4, 0.5) is 5.69 Å². The lowest BCUT2D eigenvalue weighted by Gasteiger charge is -2.11. The summed E-state index contributed by atoms with van der Waals surface area (Å²) in [5.41, 5.74) is 0.846. The number of hydrogen-bond donors (Lipinski definition) is 0. The van der Waals surface area contributed by atoms with Gasteiger partial charge in [-0.05, 0) is 26.0 Å². The summed E-state index contributed by atoms with van der Waals surface area (Å²) in [4.78, 5) is 10.3. The van der Waals surface area contributed by atoms with Crippen LogP contribution in [0, 0.1) is 10.1 Å². The van der Waals surface area contributed by atoms with Crippen molar-refractivity contribution in [3.8, 4) is 17.1 Å². The Kier molecular flexibility index (Phi) is 5.52. The molecule has 0 saturated carbocycles. The summed E-state index contributed by atoms with van der Waals surface area (Å²) in [7, 11) is 0. The highest BCUT2D eigenvalue weighted by atomic mass is 32.2. The smallest absolute Gasteiger partial charge is 0.307 e. The molecule has 2 aromatic heterocycles. The zero-order valence-electron chi connectivity index (χ0n) is 14.4. The third-order valence-corrected chi connectivity index (χ3v) is 4.57. The molecule has 3 rings (SSSR count). The number of ether oxygens (including phenoxy) is 1. The first-order chi connectivity index (χ1) is 12.6. The molecule has 0 amide bonds. The second-order valence-corrected chi connectivity index (χ2v) is 6.16. The second-order valence-electron chi connectivity index (χ2n) is 5.25. The number of aromatic nitrogens is 5. The first-order valence-electron chi connectivity index (χ1n) is 8.09. The standard InChI is InChI=1S/C16H18N6O3S/c1-3-21-15(13-7-5-6-8-14(13)25-4-2)18-19-16(21)26-11-20-10-12(9-17-20)22(23)24/h5-10H,3-4,11H2,1-2H3. The van der Waals surface area contributed by atoms with Gasteiger partial charge < -0.3 is 9.30 Å². The Morgan fingerprint density at radius 2 is 2.08 bits per heavy atom. The van der Waals surface area contributed by atoms with Crippen molar-refractivity contribution >= 4 is 17.4 Å². The highest BCUT2D eigenvalue weighted by molar-refractivity contribution is 7.98. The molecule has 1 aromatic carbocycles. The Morgan fingerprint density at radius 3 is 2.77 bits per heavy atom. The molecule has 0 radical (unpaired) electrons. The van der Waals surface area contributed by atoms with Gasteiger partial charge in [0.15, 0.2) is 11.0 Å². The molecule has 0 atom stereocenters. The maximum atomic E-state index is 10.7. The van der Waals surface area contributed by atoms with Crippen molar-refractivity contribution in [2.45, 2.75) is 31.4 Å². The zero-order valence-corrected chi connectivity index (χ0v) is 15.2. The molecule has 26 heavy (non-hydrogen) atoms. The SMILES string of the molecule is CCOc1ccccc1-c1nnc(SCn2cc([N+](=O)[O-])cn2)n1CC. The molecule has 0 aliphatic heterocycles. The fourth-order valence-corrected chi connectivity index (χ4v) is 3.31. The molecule has 0 N–H and O–H groups in total. The highest BCUT2D eigenvalue weighted by Crippen LogP contribution is 2.31. The molecule has 0 spiro atoms. The molecule has 0 aliphatic rings. The van der Waals surface area contributed by atoms with E-state index in [1.54, 1.807) is 0 Å². The van der Waals surface area contributed by atoms with E-state index in [0.29, 0.717) is 24.2 Å². The van der Waals surface area contributed by atoms with Crippen molar-refractivity contribution < 1.29 is 9.66 Å². The summed E-state index contributed by atoms with van der Waals surface area (Å²) in [5.74, 6) is 1.89. The molecule has 3 aromatic rings. The fourth-order valence-electron chi connectivity index (χ4n) is 2.45. The van der Waals surface area contributed by atoms with E-state index in [2.05, 4.69) is 15.3 Å². The van der Waals surface area contributed by atoms with Crippen LogP contribution in [0.1, 0.15) is 13.8 Å². The number of para-hydroxylation sites is 1. The van der Waals surface area contributed by atoms with E-state index in [0.717, 1.165) is 17.1 Å². The Hall–Kier alpha value is -2.88. The van der Waals surface area contributed by atoms with Gasteiger partial charge in [0.1, 0.15) is 18.1 Å². The molecule has 0 saturated heterocycles. The van der Waals surface area contributed by atoms with Crippen LogP contribution in [0.25, 0.3) is 11.4 Å². The van der Waals surface area contributed by atoms with Crippen LogP contribution in [0.15, 0.2) is 41.8 Å². The monoisotopic (exact) mass is 374 g/mol. The number of nitrogens with zero attached hydrogens (tertiary/aromatic N) is 6. The Bertz CT molecular complexity index is 907. The first-order valence-corrected chi connectivity index (χ1v) is 9.07. The van der Waals surface area contributed by atoms with Crippen molar-refractivity contribution in [1.29, 1.82) is 0 Å². The fraction of sp³-hybridized carbons (Fsp3) is 0.312. The maximum Gasteiger partial charge on any atom is 0.307 e. The van der Waals surface area contributed by atoms with Gasteiger partial charge in [-0.2, -0.15) is 5.10 Å². The molecule has 9 nitrogen and oxygen atoms in total. The minimum atomic E-state index is -0.467. The Balaban J connectivity index is 1.83. The van der Waals surface area contributed by atoms with E-state index >= 15 is 0 Å². The van der Waals surface area contributed by atoms with Crippen LogP contribution in [0.5, 0.6) is 5.75 Å². The highest BCUT2D eigenvalue weighted by Gasteiger charge is 2.17.